The van der Waals surface area contributed by atoms with Gasteiger partial charge in [0.1, 0.15) is 0 Å². The van der Waals surface area contributed by atoms with Gasteiger partial charge in [0.25, 0.3) is 0 Å². The van der Waals surface area contributed by atoms with Crippen LogP contribution < -0.4 is 15.5 Å². The summed E-state index contributed by atoms with van der Waals surface area (Å²) in [6, 6.07) is 8.66. The highest BCUT2D eigenvalue weighted by Crippen LogP contribution is 2.18. The van der Waals surface area contributed by atoms with Crippen molar-refractivity contribution in [2.45, 2.75) is 19.9 Å². The van der Waals surface area contributed by atoms with Crippen molar-refractivity contribution in [1.82, 2.24) is 20.4 Å². The van der Waals surface area contributed by atoms with Gasteiger partial charge in [0, 0.05) is 57.5 Å². The van der Waals surface area contributed by atoms with Gasteiger partial charge in [-0.15, -0.1) is 0 Å². The molecule has 2 N–H and O–H groups in total. The van der Waals surface area contributed by atoms with Crippen LogP contribution in [0, 0.1) is 6.92 Å². The Morgan fingerprint density at radius 1 is 1.24 bits per heavy atom. The number of nitrogens with zero attached hydrogens (tertiary/aromatic N) is 3. The largest absolute Gasteiger partial charge is 0.370 e. The Morgan fingerprint density at radius 3 is 2.72 bits per heavy atom. The second-order valence-corrected chi connectivity index (χ2v) is 6.90. The first-order chi connectivity index (χ1) is 12.0. The quantitative estimate of drug-likeness (QED) is 0.782. The molecule has 1 aromatic carbocycles. The summed E-state index contributed by atoms with van der Waals surface area (Å²) in [5, 5.41) is 5.99. The number of hydrogen-bond donors (Lipinski definition) is 2. The number of carbonyl (C=O) groups is 1. The zero-order valence-electron chi connectivity index (χ0n) is 16.1. The molecule has 0 bridgehead atoms. The number of hydrogen-bond acceptors (Lipinski definition) is 4. The standard InChI is InChI=1S/C19H33N5O/c1-5-24(18-9-7-6-8-16(18)2)11-10-20-19(25)21-14-17-15-22(3)12-13-23(17)4/h6-9,17H,5,10-15H2,1-4H3,(H2,20,21,25)/t17-/m0/s1. The molecular formula is C19H33N5O. The topological polar surface area (TPSA) is 50.9 Å². The lowest BCUT2D eigenvalue weighted by molar-refractivity contribution is 0.114. The lowest BCUT2D eigenvalue weighted by Gasteiger charge is -2.37. The molecule has 0 aliphatic carbocycles. The van der Waals surface area contributed by atoms with Crippen LogP contribution in [0.3, 0.4) is 0 Å². The maximum Gasteiger partial charge on any atom is 0.314 e. The monoisotopic (exact) mass is 347 g/mol. The average molecular weight is 348 g/mol. The number of carbonyl (C=O) groups excluding carboxylic acids is 1. The number of piperazine rings is 1. The van der Waals surface area contributed by atoms with Gasteiger partial charge in [-0.25, -0.2) is 4.79 Å². The van der Waals surface area contributed by atoms with Gasteiger partial charge >= 0.3 is 6.03 Å². The molecule has 140 valence electrons. The second-order valence-electron chi connectivity index (χ2n) is 6.90. The minimum atomic E-state index is -0.0811. The van der Waals surface area contributed by atoms with Crippen LogP contribution in [0.5, 0.6) is 0 Å². The normalized spacial score (nSPS) is 18.8. The van der Waals surface area contributed by atoms with Crippen LogP contribution in [-0.4, -0.2) is 81.8 Å². The van der Waals surface area contributed by atoms with Crippen LogP contribution in [0.15, 0.2) is 24.3 Å². The third-order valence-electron chi connectivity index (χ3n) is 4.98. The fourth-order valence-electron chi connectivity index (χ4n) is 3.27. The van der Waals surface area contributed by atoms with Crippen molar-refractivity contribution in [2.75, 3.05) is 64.8 Å². The third-order valence-corrected chi connectivity index (χ3v) is 4.98. The van der Waals surface area contributed by atoms with E-state index < -0.39 is 0 Å². The summed E-state index contributed by atoms with van der Waals surface area (Å²) in [6.45, 7) is 10.4. The Kier molecular flexibility index (Phi) is 7.52. The van der Waals surface area contributed by atoms with E-state index in [0.29, 0.717) is 19.1 Å². The van der Waals surface area contributed by atoms with E-state index in [1.165, 1.54) is 11.3 Å². The average Bonchev–Trinajstić information content (AvgIpc) is 2.60. The Hall–Kier alpha value is -1.79. The molecule has 1 saturated heterocycles. The van der Waals surface area contributed by atoms with Crippen molar-refractivity contribution in [3.63, 3.8) is 0 Å². The van der Waals surface area contributed by atoms with Crippen LogP contribution in [0.2, 0.25) is 0 Å². The molecule has 6 nitrogen and oxygen atoms in total. The minimum absolute atomic E-state index is 0.0811. The Labute approximate surface area is 152 Å². The molecule has 6 heteroatoms. The van der Waals surface area contributed by atoms with Crippen molar-refractivity contribution < 1.29 is 4.79 Å². The van der Waals surface area contributed by atoms with Gasteiger partial charge in [-0.3, -0.25) is 4.90 Å². The summed E-state index contributed by atoms with van der Waals surface area (Å²) < 4.78 is 0. The molecule has 0 radical (unpaired) electrons. The smallest absolute Gasteiger partial charge is 0.314 e. The highest BCUT2D eigenvalue weighted by atomic mass is 16.2. The van der Waals surface area contributed by atoms with E-state index in [1.54, 1.807) is 0 Å². The fourth-order valence-corrected chi connectivity index (χ4v) is 3.27. The number of rotatable bonds is 7. The zero-order chi connectivity index (χ0) is 18.2. The zero-order valence-corrected chi connectivity index (χ0v) is 16.1. The maximum absolute atomic E-state index is 12.1. The van der Waals surface area contributed by atoms with E-state index in [2.05, 4.69) is 77.5 Å². The summed E-state index contributed by atoms with van der Waals surface area (Å²) >= 11 is 0. The van der Waals surface area contributed by atoms with Gasteiger partial charge < -0.3 is 20.4 Å². The number of amides is 2. The number of benzene rings is 1. The molecule has 25 heavy (non-hydrogen) atoms. The van der Waals surface area contributed by atoms with Gasteiger partial charge in [0.15, 0.2) is 0 Å². The molecule has 0 aromatic heterocycles. The van der Waals surface area contributed by atoms with Crippen LogP contribution in [0.25, 0.3) is 0 Å². The molecule has 1 fully saturated rings. The Morgan fingerprint density at radius 2 is 2.00 bits per heavy atom. The Balaban J connectivity index is 1.71. The number of anilines is 1. The van der Waals surface area contributed by atoms with Crippen molar-refractivity contribution in [2.24, 2.45) is 0 Å². The van der Waals surface area contributed by atoms with Gasteiger partial charge in [0.2, 0.25) is 0 Å². The summed E-state index contributed by atoms with van der Waals surface area (Å²) in [7, 11) is 4.25. The van der Waals surface area contributed by atoms with E-state index >= 15 is 0 Å². The van der Waals surface area contributed by atoms with Gasteiger partial charge in [-0.2, -0.15) is 0 Å². The van der Waals surface area contributed by atoms with Crippen molar-refractivity contribution in [1.29, 1.82) is 0 Å². The molecular weight excluding hydrogens is 314 g/mol. The molecule has 2 amide bonds. The van der Waals surface area contributed by atoms with E-state index in [4.69, 9.17) is 0 Å². The van der Waals surface area contributed by atoms with Crippen molar-refractivity contribution >= 4 is 11.7 Å². The van der Waals surface area contributed by atoms with Gasteiger partial charge in [0.05, 0.1) is 0 Å². The van der Waals surface area contributed by atoms with Crippen LogP contribution in [0.4, 0.5) is 10.5 Å². The van der Waals surface area contributed by atoms with Crippen LogP contribution >= 0.6 is 0 Å². The van der Waals surface area contributed by atoms with Crippen LogP contribution in [0.1, 0.15) is 12.5 Å². The molecule has 1 heterocycles. The predicted octanol–water partition coefficient (Wildman–Crippen LogP) is 1.37. The third kappa shape index (κ3) is 5.90. The number of nitrogens with one attached hydrogen (secondary N) is 2. The van der Waals surface area contributed by atoms with E-state index in [0.717, 1.165) is 32.7 Å². The summed E-state index contributed by atoms with van der Waals surface area (Å²) in [5.41, 5.74) is 2.50. The number of likely N-dealkylation sites (N-methyl/N-ethyl adjacent to an activating group) is 3. The van der Waals surface area contributed by atoms with E-state index in [-0.39, 0.29) is 6.03 Å². The summed E-state index contributed by atoms with van der Waals surface area (Å²) in [6.07, 6.45) is 0. The highest BCUT2D eigenvalue weighted by Gasteiger charge is 2.22. The molecule has 0 spiro atoms. The number of para-hydroxylation sites is 1. The Bertz CT molecular complexity index is 550. The maximum atomic E-state index is 12.1. The van der Waals surface area contributed by atoms with Gasteiger partial charge in [-0.1, -0.05) is 18.2 Å². The van der Waals surface area contributed by atoms with E-state index in [1.807, 2.05) is 0 Å². The minimum Gasteiger partial charge on any atom is -0.370 e. The molecule has 2 rings (SSSR count). The molecule has 0 unspecified atom stereocenters. The van der Waals surface area contributed by atoms with Crippen molar-refractivity contribution in [3.8, 4) is 0 Å². The molecule has 0 saturated carbocycles. The fraction of sp³-hybridized carbons (Fsp3) is 0.632. The van der Waals surface area contributed by atoms with Crippen LogP contribution in [-0.2, 0) is 0 Å². The first-order valence-corrected chi connectivity index (χ1v) is 9.22. The second kappa shape index (κ2) is 9.63. The predicted molar refractivity (Wildman–Crippen MR) is 104 cm³/mol. The lowest BCUT2D eigenvalue weighted by Crippen LogP contribution is -2.55. The van der Waals surface area contributed by atoms with E-state index in [9.17, 15) is 4.79 Å². The highest BCUT2D eigenvalue weighted by molar-refractivity contribution is 5.73. The number of aryl methyl sites for hydroxylation is 1. The molecule has 1 aliphatic heterocycles. The first kappa shape index (κ1) is 19.5. The molecule has 1 atom stereocenters. The molecule has 1 aliphatic rings. The lowest BCUT2D eigenvalue weighted by atomic mass is 10.2. The number of urea groups is 1. The summed E-state index contributed by atoms with van der Waals surface area (Å²) in [4.78, 5) is 19.0. The SMILES string of the molecule is CCN(CCNC(=O)NC[C@H]1CN(C)CCN1C)c1ccccc1C. The molecule has 1 aromatic rings. The first-order valence-electron chi connectivity index (χ1n) is 9.22. The summed E-state index contributed by atoms with van der Waals surface area (Å²) in [5.74, 6) is 0. The van der Waals surface area contributed by atoms with Crippen molar-refractivity contribution in [3.05, 3.63) is 29.8 Å². The van der Waals surface area contributed by atoms with Gasteiger partial charge in [-0.05, 0) is 39.6 Å².